The number of pyridine rings is 1. The van der Waals surface area contributed by atoms with Crippen LogP contribution in [-0.4, -0.2) is 17.1 Å². The molecule has 0 saturated heterocycles. The maximum absolute atomic E-state index is 10.9. The molecule has 0 bridgehead atoms. The molecule has 1 rings (SSSR count). The summed E-state index contributed by atoms with van der Waals surface area (Å²) < 4.78 is 0. The van der Waals surface area contributed by atoms with Crippen molar-refractivity contribution in [2.24, 2.45) is 0 Å². The summed E-state index contributed by atoms with van der Waals surface area (Å²) in [5.74, 6) is -0.291. The fraction of sp³-hybridized carbons (Fsp3) is 0.125. The van der Waals surface area contributed by atoms with Crippen LogP contribution in [0.3, 0.4) is 0 Å². The van der Waals surface area contributed by atoms with Crippen LogP contribution in [0.15, 0.2) is 24.4 Å². The molecule has 0 fully saturated rings. The number of ketones is 1. The van der Waals surface area contributed by atoms with E-state index < -0.39 is 0 Å². The SMILES string of the molecule is O=[C-]CC(=O)c1ccccn1.[Y]. The fourth-order valence-corrected chi connectivity index (χ4v) is 0.684. The Morgan fingerprint density at radius 1 is 1.50 bits per heavy atom. The number of carbonyl (C=O) groups excluding carboxylic acids is 2. The Kier molecular flexibility index (Phi) is 5.94. The van der Waals surface area contributed by atoms with Crippen LogP contribution in [0, 0.1) is 0 Å². The number of Topliss-reactive ketones (excluding diaryl/α,β-unsaturated/α-hetero) is 1. The Morgan fingerprint density at radius 2 is 2.25 bits per heavy atom. The third kappa shape index (κ3) is 3.33. The third-order valence-electron chi connectivity index (χ3n) is 1.18. The second kappa shape index (κ2) is 6.15. The average molecular weight is 237 g/mol. The monoisotopic (exact) mass is 237 g/mol. The average Bonchev–Trinajstić information content (AvgIpc) is 2.07. The minimum atomic E-state index is -0.291. The summed E-state index contributed by atoms with van der Waals surface area (Å²) in [5, 5.41) is 0. The van der Waals surface area contributed by atoms with Crippen molar-refractivity contribution in [1.29, 1.82) is 0 Å². The normalized spacial score (nSPS) is 8.33. The topological polar surface area (TPSA) is 47.0 Å². The minimum absolute atomic E-state index is 0. The molecule has 59 valence electrons. The second-order valence-corrected chi connectivity index (χ2v) is 1.96. The van der Waals surface area contributed by atoms with Gasteiger partial charge in [0.25, 0.3) is 0 Å². The van der Waals surface area contributed by atoms with E-state index in [9.17, 15) is 9.59 Å². The van der Waals surface area contributed by atoms with E-state index in [-0.39, 0.29) is 44.9 Å². The zero-order chi connectivity index (χ0) is 8.10. The van der Waals surface area contributed by atoms with Gasteiger partial charge in [-0.3, -0.25) is 16.1 Å². The maximum atomic E-state index is 10.9. The molecule has 12 heavy (non-hydrogen) atoms. The number of hydrogen-bond acceptors (Lipinski definition) is 3. The van der Waals surface area contributed by atoms with Crippen LogP contribution >= 0.6 is 0 Å². The molecule has 0 amide bonds. The first-order valence-electron chi connectivity index (χ1n) is 3.14. The minimum Gasteiger partial charge on any atom is -0.541 e. The van der Waals surface area contributed by atoms with Crippen molar-refractivity contribution in [3.63, 3.8) is 0 Å². The van der Waals surface area contributed by atoms with Crippen LogP contribution in [0.4, 0.5) is 0 Å². The molecule has 0 unspecified atom stereocenters. The van der Waals surface area contributed by atoms with Gasteiger partial charge in [0.15, 0.2) is 5.78 Å². The van der Waals surface area contributed by atoms with Gasteiger partial charge in [-0.2, -0.15) is 0 Å². The molecule has 1 heterocycles. The molecule has 1 aromatic heterocycles. The predicted molar refractivity (Wildman–Crippen MR) is 38.9 cm³/mol. The maximum Gasteiger partial charge on any atom is 0.155 e. The fourth-order valence-electron chi connectivity index (χ4n) is 0.684. The van der Waals surface area contributed by atoms with E-state index in [0.29, 0.717) is 5.69 Å². The van der Waals surface area contributed by atoms with Gasteiger partial charge >= 0.3 is 0 Å². The second-order valence-electron chi connectivity index (χ2n) is 1.96. The number of rotatable bonds is 3. The summed E-state index contributed by atoms with van der Waals surface area (Å²) >= 11 is 0. The van der Waals surface area contributed by atoms with Gasteiger partial charge in [0.1, 0.15) is 5.69 Å². The van der Waals surface area contributed by atoms with Gasteiger partial charge in [0.2, 0.25) is 0 Å². The molecular weight excluding hydrogens is 231 g/mol. The molecule has 0 aliphatic rings. The summed E-state index contributed by atoms with van der Waals surface area (Å²) in [6, 6.07) is 4.98. The summed E-state index contributed by atoms with van der Waals surface area (Å²) in [6.45, 7) is 0. The molecule has 1 aromatic rings. The quantitative estimate of drug-likeness (QED) is 0.443. The van der Waals surface area contributed by atoms with Crippen molar-refractivity contribution in [3.05, 3.63) is 30.1 Å². The van der Waals surface area contributed by atoms with E-state index in [1.54, 1.807) is 18.2 Å². The van der Waals surface area contributed by atoms with Gasteiger partial charge in [-0.25, -0.2) is 0 Å². The predicted octanol–water partition coefficient (Wildman–Crippen LogP) is 0.762. The summed E-state index contributed by atoms with van der Waals surface area (Å²) in [5.41, 5.74) is 0.316. The van der Waals surface area contributed by atoms with Crippen LogP contribution in [0.25, 0.3) is 0 Å². The van der Waals surface area contributed by atoms with E-state index >= 15 is 0 Å². The summed E-state index contributed by atoms with van der Waals surface area (Å²) in [6.07, 6.45) is 2.83. The van der Waals surface area contributed by atoms with Gasteiger partial charge in [-0.15, -0.1) is 0 Å². The van der Waals surface area contributed by atoms with Crippen molar-refractivity contribution in [1.82, 2.24) is 4.98 Å². The van der Waals surface area contributed by atoms with Crippen LogP contribution < -0.4 is 0 Å². The molecule has 0 saturated carbocycles. The van der Waals surface area contributed by atoms with Crippen LogP contribution in [0.2, 0.25) is 0 Å². The van der Waals surface area contributed by atoms with Crippen LogP contribution in [0.1, 0.15) is 16.9 Å². The van der Waals surface area contributed by atoms with E-state index in [2.05, 4.69) is 4.98 Å². The molecule has 0 aliphatic heterocycles. The zero-order valence-electron chi connectivity index (χ0n) is 6.36. The third-order valence-corrected chi connectivity index (χ3v) is 1.18. The Labute approximate surface area is 95.5 Å². The smallest absolute Gasteiger partial charge is 0.155 e. The van der Waals surface area contributed by atoms with Crippen molar-refractivity contribution in [3.8, 4) is 0 Å². The molecule has 3 nitrogen and oxygen atoms in total. The Morgan fingerprint density at radius 3 is 2.75 bits per heavy atom. The first kappa shape index (κ1) is 11.6. The van der Waals surface area contributed by atoms with Gasteiger partial charge < -0.3 is 4.79 Å². The first-order chi connectivity index (χ1) is 5.34. The number of hydrogen-bond donors (Lipinski definition) is 0. The van der Waals surface area contributed by atoms with Crippen molar-refractivity contribution in [2.45, 2.75) is 6.42 Å². The molecule has 0 atom stereocenters. The standard InChI is InChI=1S/C8H6NO2.Y/c10-6-4-8(11)7-3-1-2-5-9-7;/h1-3,5H,4H2;/q-1;. The van der Waals surface area contributed by atoms with Crippen LogP contribution in [-0.2, 0) is 37.5 Å². The Bertz CT molecular complexity index is 261. The van der Waals surface area contributed by atoms with Crippen molar-refractivity contribution < 1.29 is 42.3 Å². The Hall–Kier alpha value is -0.406. The van der Waals surface area contributed by atoms with E-state index in [0.717, 1.165) is 0 Å². The zero-order valence-corrected chi connectivity index (χ0v) is 9.20. The summed E-state index contributed by atoms with van der Waals surface area (Å²) in [4.78, 5) is 24.5. The number of nitrogens with zero attached hydrogens (tertiary/aromatic N) is 1. The molecular formula is C8H6NO2Y-. The van der Waals surface area contributed by atoms with Crippen molar-refractivity contribution >= 4 is 12.1 Å². The molecule has 1 radical (unpaired) electrons. The van der Waals surface area contributed by atoms with Gasteiger partial charge in [-0.1, -0.05) is 12.5 Å². The molecule has 4 heteroatoms. The number of carbonyl (C=O) groups is 1. The first-order valence-corrected chi connectivity index (χ1v) is 3.14. The Balaban J connectivity index is 0.00000121. The van der Waals surface area contributed by atoms with E-state index in [1.165, 1.54) is 12.5 Å². The van der Waals surface area contributed by atoms with Crippen molar-refractivity contribution in [2.75, 3.05) is 0 Å². The molecule has 0 N–H and O–H groups in total. The molecule has 0 spiro atoms. The van der Waals surface area contributed by atoms with Gasteiger partial charge in [0.05, 0.1) is 0 Å². The summed E-state index contributed by atoms with van der Waals surface area (Å²) in [7, 11) is 0. The largest absolute Gasteiger partial charge is 0.541 e. The molecule has 0 aliphatic carbocycles. The van der Waals surface area contributed by atoms with Gasteiger partial charge in [0, 0.05) is 38.9 Å². The van der Waals surface area contributed by atoms with Gasteiger partial charge in [-0.05, 0) is 12.1 Å². The van der Waals surface area contributed by atoms with E-state index in [4.69, 9.17) is 0 Å². The van der Waals surface area contributed by atoms with Crippen LogP contribution in [0.5, 0.6) is 0 Å². The molecule has 0 aromatic carbocycles. The van der Waals surface area contributed by atoms with E-state index in [1.807, 2.05) is 0 Å². The number of aromatic nitrogens is 1.